The molecule has 1 aromatic carbocycles. The predicted molar refractivity (Wildman–Crippen MR) is 100.0 cm³/mol. The summed E-state index contributed by atoms with van der Waals surface area (Å²) in [4.78, 5) is 49.8. The van der Waals surface area contributed by atoms with Crippen LogP contribution >= 0.6 is 11.8 Å². The van der Waals surface area contributed by atoms with E-state index in [2.05, 4.69) is 10.1 Å². The summed E-state index contributed by atoms with van der Waals surface area (Å²) in [5.74, 6) is -16.2. The summed E-state index contributed by atoms with van der Waals surface area (Å²) < 4.78 is 72.5. The second-order valence-electron chi connectivity index (χ2n) is 7.29. The number of hydrogen-bond acceptors (Lipinski definition) is 6. The number of carbonyl (C=O) groups excluding carboxylic acids is 4. The summed E-state index contributed by atoms with van der Waals surface area (Å²) in [5, 5.41) is 1.91. The van der Waals surface area contributed by atoms with E-state index in [1.165, 1.54) is 0 Å². The highest BCUT2D eigenvalue weighted by molar-refractivity contribution is 8.14. The maximum Gasteiger partial charge on any atom is 0.327 e. The average molecular weight is 480 g/mol. The molecule has 3 rings (SSSR count). The van der Waals surface area contributed by atoms with Crippen LogP contribution in [0.3, 0.4) is 0 Å². The summed E-state index contributed by atoms with van der Waals surface area (Å²) in [6, 6.07) is 0. The molecule has 1 aromatic rings. The maximum absolute atomic E-state index is 13.9. The Morgan fingerprint density at radius 2 is 1.50 bits per heavy atom. The fraction of sp³-hybridized carbons (Fsp3) is 0.474. The fourth-order valence-electron chi connectivity index (χ4n) is 3.59. The normalized spacial score (nSPS) is 18.1. The lowest BCUT2D eigenvalue weighted by atomic mass is 9.73. The van der Waals surface area contributed by atoms with Crippen molar-refractivity contribution in [3.8, 4) is 5.75 Å². The summed E-state index contributed by atoms with van der Waals surface area (Å²) in [5.41, 5.74) is -1.92. The van der Waals surface area contributed by atoms with Crippen molar-refractivity contribution < 1.29 is 45.9 Å². The number of amides is 3. The number of rotatable bonds is 6. The molecular formula is C19H17F5N2O5S. The smallest absolute Gasteiger partial charge is 0.327 e. The number of hydrogen-bond donors (Lipinski definition) is 1. The first kappa shape index (κ1) is 24.0. The second-order valence-corrected chi connectivity index (χ2v) is 8.21. The fourth-order valence-corrected chi connectivity index (χ4v) is 4.34. The maximum atomic E-state index is 13.9. The van der Waals surface area contributed by atoms with E-state index in [4.69, 9.17) is 0 Å². The van der Waals surface area contributed by atoms with Crippen molar-refractivity contribution in [2.45, 2.75) is 32.1 Å². The molecule has 2 aliphatic rings. The summed E-state index contributed by atoms with van der Waals surface area (Å²) >= 11 is 0.803. The third kappa shape index (κ3) is 4.30. The molecule has 1 saturated carbocycles. The number of esters is 1. The van der Waals surface area contributed by atoms with Crippen molar-refractivity contribution in [1.29, 1.82) is 0 Å². The zero-order valence-corrected chi connectivity index (χ0v) is 17.3. The van der Waals surface area contributed by atoms with Gasteiger partial charge in [-0.25, -0.2) is 13.2 Å². The molecule has 32 heavy (non-hydrogen) atoms. The second kappa shape index (κ2) is 9.43. The number of ether oxygens (including phenoxy) is 1. The van der Waals surface area contributed by atoms with Gasteiger partial charge in [-0.1, -0.05) is 31.0 Å². The van der Waals surface area contributed by atoms with Crippen LogP contribution in [0, 0.1) is 34.5 Å². The van der Waals surface area contributed by atoms with Gasteiger partial charge in [-0.05, 0) is 12.8 Å². The minimum absolute atomic E-state index is 0.0229. The number of benzene rings is 1. The van der Waals surface area contributed by atoms with Crippen LogP contribution < -0.4 is 10.1 Å². The van der Waals surface area contributed by atoms with Crippen LogP contribution in [0.5, 0.6) is 5.75 Å². The molecule has 1 heterocycles. The standard InChI is InChI=1S/C19H17F5N2O5S/c20-10-11(21)13(23)15(14(24)12(10)22)31-17(29)19(4-2-1-3-5-19)16(28)25-6-7-26-9(27)8-32-18(26)30/h1-8H2,(H,25,28). The van der Waals surface area contributed by atoms with Crippen molar-refractivity contribution in [3.05, 3.63) is 29.1 Å². The van der Waals surface area contributed by atoms with Gasteiger partial charge in [0.2, 0.25) is 46.6 Å². The lowest BCUT2D eigenvalue weighted by Crippen LogP contribution is -2.51. The highest BCUT2D eigenvalue weighted by Crippen LogP contribution is 2.39. The van der Waals surface area contributed by atoms with Gasteiger partial charge in [-0.15, -0.1) is 0 Å². The van der Waals surface area contributed by atoms with Crippen LogP contribution in [0.1, 0.15) is 32.1 Å². The van der Waals surface area contributed by atoms with Crippen LogP contribution in [0.25, 0.3) is 0 Å². The third-order valence-corrected chi connectivity index (χ3v) is 6.22. The summed E-state index contributed by atoms with van der Waals surface area (Å²) in [7, 11) is 0. The molecule has 1 aliphatic carbocycles. The van der Waals surface area contributed by atoms with E-state index in [9.17, 15) is 41.1 Å². The van der Waals surface area contributed by atoms with E-state index in [1.807, 2.05) is 0 Å². The van der Waals surface area contributed by atoms with Crippen molar-refractivity contribution in [3.63, 3.8) is 0 Å². The first-order valence-electron chi connectivity index (χ1n) is 9.59. The topological polar surface area (TPSA) is 92.8 Å². The van der Waals surface area contributed by atoms with E-state index in [-0.39, 0.29) is 31.7 Å². The molecule has 1 saturated heterocycles. The molecule has 174 valence electrons. The lowest BCUT2D eigenvalue weighted by molar-refractivity contribution is -0.156. The molecule has 13 heteroatoms. The van der Waals surface area contributed by atoms with Gasteiger partial charge in [0.25, 0.3) is 5.24 Å². The zero-order valence-electron chi connectivity index (χ0n) is 16.4. The largest absolute Gasteiger partial charge is 0.419 e. The molecule has 0 spiro atoms. The SMILES string of the molecule is O=C1CSC(=O)N1CCNC(=O)C1(C(=O)Oc2c(F)c(F)c(F)c(F)c2F)CCCCC1. The molecule has 7 nitrogen and oxygen atoms in total. The van der Waals surface area contributed by atoms with Gasteiger partial charge in [0.1, 0.15) is 5.41 Å². The minimum Gasteiger partial charge on any atom is -0.419 e. The van der Waals surface area contributed by atoms with Crippen LogP contribution in [-0.4, -0.2) is 46.8 Å². The van der Waals surface area contributed by atoms with Gasteiger partial charge in [0, 0.05) is 13.1 Å². The first-order chi connectivity index (χ1) is 15.1. The van der Waals surface area contributed by atoms with Crippen LogP contribution in [-0.2, 0) is 14.4 Å². The average Bonchev–Trinajstić information content (AvgIpc) is 3.11. The van der Waals surface area contributed by atoms with E-state index in [1.54, 1.807) is 0 Å². The van der Waals surface area contributed by atoms with Gasteiger partial charge in [0.05, 0.1) is 5.75 Å². The summed E-state index contributed by atoms with van der Waals surface area (Å²) in [6.07, 6.45) is 1.24. The number of nitrogens with zero attached hydrogens (tertiary/aromatic N) is 1. The molecular weight excluding hydrogens is 463 g/mol. The number of imide groups is 1. The minimum atomic E-state index is -2.41. The van der Waals surface area contributed by atoms with Crippen LogP contribution in [0.15, 0.2) is 0 Å². The Balaban J connectivity index is 1.78. The highest BCUT2D eigenvalue weighted by Gasteiger charge is 2.49. The Kier molecular flexibility index (Phi) is 7.06. The lowest BCUT2D eigenvalue weighted by Gasteiger charge is -2.33. The molecule has 1 aliphatic heterocycles. The predicted octanol–water partition coefficient (Wildman–Crippen LogP) is 3.05. The van der Waals surface area contributed by atoms with Crippen molar-refractivity contribution >= 4 is 34.8 Å². The van der Waals surface area contributed by atoms with Crippen LogP contribution in [0.2, 0.25) is 0 Å². The first-order valence-corrected chi connectivity index (χ1v) is 10.6. The molecule has 0 unspecified atom stereocenters. The van der Waals surface area contributed by atoms with E-state index in [0.717, 1.165) is 16.7 Å². The molecule has 2 fully saturated rings. The number of nitrogens with one attached hydrogen (secondary N) is 1. The molecule has 0 radical (unpaired) electrons. The number of carbonyl (C=O) groups is 4. The Bertz CT molecular complexity index is 938. The quantitative estimate of drug-likeness (QED) is 0.168. The Morgan fingerprint density at radius 1 is 0.938 bits per heavy atom. The monoisotopic (exact) mass is 480 g/mol. The number of thioether (sulfide) groups is 1. The van der Waals surface area contributed by atoms with E-state index >= 15 is 0 Å². The summed E-state index contributed by atoms with van der Waals surface area (Å²) in [6.45, 7) is -0.354. The number of halogens is 5. The van der Waals surface area contributed by atoms with Gasteiger partial charge in [-0.3, -0.25) is 24.1 Å². The van der Waals surface area contributed by atoms with E-state index in [0.29, 0.717) is 19.3 Å². The molecule has 3 amide bonds. The molecule has 0 bridgehead atoms. The van der Waals surface area contributed by atoms with Gasteiger partial charge >= 0.3 is 5.97 Å². The Hall–Kier alpha value is -2.70. The molecule has 0 aromatic heterocycles. The van der Waals surface area contributed by atoms with Gasteiger partial charge < -0.3 is 10.1 Å². The zero-order chi connectivity index (χ0) is 23.6. The Morgan fingerprint density at radius 3 is 2.03 bits per heavy atom. The molecule has 1 N–H and O–H groups in total. The Labute approximate surface area is 182 Å². The van der Waals surface area contributed by atoms with E-state index < -0.39 is 63.3 Å². The van der Waals surface area contributed by atoms with Gasteiger partial charge in [-0.2, -0.15) is 8.78 Å². The molecule has 0 atom stereocenters. The van der Waals surface area contributed by atoms with Crippen molar-refractivity contribution in [1.82, 2.24) is 10.2 Å². The third-order valence-electron chi connectivity index (χ3n) is 5.36. The van der Waals surface area contributed by atoms with Crippen LogP contribution in [0.4, 0.5) is 26.7 Å². The van der Waals surface area contributed by atoms with Crippen molar-refractivity contribution in [2.24, 2.45) is 5.41 Å². The van der Waals surface area contributed by atoms with Gasteiger partial charge in [0.15, 0.2) is 0 Å². The van der Waals surface area contributed by atoms with Crippen molar-refractivity contribution in [2.75, 3.05) is 18.8 Å². The highest BCUT2D eigenvalue weighted by atomic mass is 32.2.